The maximum absolute atomic E-state index is 2.42. The Bertz CT molecular complexity index is 1630. The number of alkyl halides is 1. The fourth-order valence-electron chi connectivity index (χ4n) is 5.19. The SMILES string of the molecule is CI.c1ccc(-n2c3ccccc3c3ccc4c5ccccc5n(-c5ccccc5)c4c32)cc1. The summed E-state index contributed by atoms with van der Waals surface area (Å²) in [4.78, 5) is 1.97. The van der Waals surface area contributed by atoms with Gasteiger partial charge in [-0.05, 0) is 41.3 Å². The molecule has 5 aromatic carbocycles. The predicted octanol–water partition coefficient (Wildman–Crippen LogP) is 8.93. The molecule has 2 nitrogen and oxygen atoms in total. The molecule has 3 heteroatoms. The number of benzene rings is 5. The van der Waals surface area contributed by atoms with Crippen molar-refractivity contribution in [3.8, 4) is 11.4 Å². The highest BCUT2D eigenvalue weighted by Crippen LogP contribution is 2.41. The van der Waals surface area contributed by atoms with Crippen molar-refractivity contribution in [1.29, 1.82) is 0 Å². The summed E-state index contributed by atoms with van der Waals surface area (Å²) in [5, 5.41) is 5.10. The number of para-hydroxylation sites is 4. The summed E-state index contributed by atoms with van der Waals surface area (Å²) in [6.45, 7) is 0. The Kier molecular flexibility index (Phi) is 5.34. The van der Waals surface area contributed by atoms with Crippen molar-refractivity contribution in [3.05, 3.63) is 121 Å². The third-order valence-electron chi connectivity index (χ3n) is 6.50. The van der Waals surface area contributed by atoms with E-state index in [2.05, 4.69) is 153 Å². The summed E-state index contributed by atoms with van der Waals surface area (Å²) >= 11 is 2.15. The van der Waals surface area contributed by atoms with Crippen molar-refractivity contribution < 1.29 is 0 Å². The summed E-state index contributed by atoms with van der Waals surface area (Å²) in [6.07, 6.45) is 0. The topological polar surface area (TPSA) is 9.86 Å². The average Bonchev–Trinajstić information content (AvgIpc) is 3.44. The van der Waals surface area contributed by atoms with E-state index in [1.54, 1.807) is 0 Å². The number of hydrogen-bond acceptors (Lipinski definition) is 0. The molecule has 0 aliphatic carbocycles. The van der Waals surface area contributed by atoms with Gasteiger partial charge in [0.2, 0.25) is 0 Å². The molecule has 0 bridgehead atoms. The molecule has 0 N–H and O–H groups in total. The van der Waals surface area contributed by atoms with Crippen molar-refractivity contribution in [2.75, 3.05) is 4.93 Å². The van der Waals surface area contributed by atoms with Gasteiger partial charge in [-0.25, -0.2) is 0 Å². The van der Waals surface area contributed by atoms with E-state index >= 15 is 0 Å². The Morgan fingerprint density at radius 3 is 1.15 bits per heavy atom. The van der Waals surface area contributed by atoms with Gasteiger partial charge in [0.25, 0.3) is 0 Å². The number of halogens is 1. The van der Waals surface area contributed by atoms with Crippen molar-refractivity contribution >= 4 is 66.2 Å². The van der Waals surface area contributed by atoms with E-state index in [4.69, 9.17) is 0 Å². The first-order valence-corrected chi connectivity index (χ1v) is 13.5. The number of nitrogens with zero attached hydrogens (tertiary/aromatic N) is 2. The van der Waals surface area contributed by atoms with Crippen molar-refractivity contribution in [1.82, 2.24) is 9.13 Å². The lowest BCUT2D eigenvalue weighted by Crippen LogP contribution is -1.98. The van der Waals surface area contributed by atoms with Gasteiger partial charge in [0.05, 0.1) is 22.1 Å². The molecule has 2 heterocycles. The normalized spacial score (nSPS) is 11.2. The van der Waals surface area contributed by atoms with E-state index in [0.717, 1.165) is 0 Å². The summed E-state index contributed by atoms with van der Waals surface area (Å²) in [5.74, 6) is 0. The van der Waals surface area contributed by atoms with Gasteiger partial charge in [-0.3, -0.25) is 0 Å². The Balaban J connectivity index is 0.00000106. The maximum Gasteiger partial charge on any atom is 0.0788 e. The molecule has 0 atom stereocenters. The van der Waals surface area contributed by atoms with Gasteiger partial charge in [-0.15, -0.1) is 0 Å². The Morgan fingerprint density at radius 1 is 0.382 bits per heavy atom. The van der Waals surface area contributed by atoms with Crippen LogP contribution < -0.4 is 0 Å². The molecule has 0 fully saturated rings. The molecule has 164 valence electrons. The molecule has 0 spiro atoms. The molecule has 0 aliphatic rings. The lowest BCUT2D eigenvalue weighted by Gasteiger charge is -2.12. The predicted molar refractivity (Wildman–Crippen MR) is 155 cm³/mol. The second kappa shape index (κ2) is 8.65. The average molecular weight is 550 g/mol. The first-order chi connectivity index (χ1) is 16.9. The smallest absolute Gasteiger partial charge is 0.0788 e. The van der Waals surface area contributed by atoms with Crippen LogP contribution in [0.25, 0.3) is 55.0 Å². The minimum absolute atomic E-state index is 1.18. The fraction of sp³-hybridized carbons (Fsp3) is 0.0323. The zero-order valence-electron chi connectivity index (χ0n) is 18.8. The summed E-state index contributed by atoms with van der Waals surface area (Å²) in [5.41, 5.74) is 7.30. The summed E-state index contributed by atoms with van der Waals surface area (Å²) in [7, 11) is 0. The number of hydrogen-bond donors (Lipinski definition) is 0. The van der Waals surface area contributed by atoms with Crippen LogP contribution in [0.15, 0.2) is 121 Å². The third-order valence-corrected chi connectivity index (χ3v) is 6.50. The molecule has 0 unspecified atom stereocenters. The van der Waals surface area contributed by atoms with Crippen LogP contribution in [-0.4, -0.2) is 14.1 Å². The van der Waals surface area contributed by atoms with Crippen LogP contribution in [0.3, 0.4) is 0 Å². The lowest BCUT2D eigenvalue weighted by atomic mass is 10.1. The largest absolute Gasteiger partial charge is 0.307 e. The monoisotopic (exact) mass is 550 g/mol. The van der Waals surface area contributed by atoms with Crippen molar-refractivity contribution in [2.45, 2.75) is 0 Å². The van der Waals surface area contributed by atoms with E-state index in [9.17, 15) is 0 Å². The highest BCUT2D eigenvalue weighted by atomic mass is 127. The van der Waals surface area contributed by atoms with E-state index in [-0.39, 0.29) is 0 Å². The zero-order chi connectivity index (χ0) is 23.1. The van der Waals surface area contributed by atoms with Crippen LogP contribution in [0.4, 0.5) is 0 Å². The summed E-state index contributed by atoms with van der Waals surface area (Å²) < 4.78 is 4.84. The van der Waals surface area contributed by atoms with Gasteiger partial charge < -0.3 is 9.13 Å². The number of aromatic nitrogens is 2. The minimum Gasteiger partial charge on any atom is -0.307 e. The minimum atomic E-state index is 1.18. The molecule has 0 amide bonds. The van der Waals surface area contributed by atoms with Crippen molar-refractivity contribution in [3.63, 3.8) is 0 Å². The molecule has 7 rings (SSSR count). The van der Waals surface area contributed by atoms with E-state index < -0.39 is 0 Å². The highest BCUT2D eigenvalue weighted by Gasteiger charge is 2.20. The first-order valence-electron chi connectivity index (χ1n) is 11.4. The zero-order valence-corrected chi connectivity index (χ0v) is 21.0. The molecular formula is C31H23IN2. The molecule has 0 saturated carbocycles. The van der Waals surface area contributed by atoms with Crippen LogP contribution in [-0.2, 0) is 0 Å². The van der Waals surface area contributed by atoms with Crippen LogP contribution >= 0.6 is 22.6 Å². The molecule has 2 aromatic heterocycles. The lowest BCUT2D eigenvalue weighted by molar-refractivity contribution is 1.15. The van der Waals surface area contributed by atoms with Gasteiger partial charge in [0.15, 0.2) is 0 Å². The highest BCUT2D eigenvalue weighted by molar-refractivity contribution is 14.1. The van der Waals surface area contributed by atoms with Crippen LogP contribution in [0.1, 0.15) is 0 Å². The molecular weight excluding hydrogens is 527 g/mol. The van der Waals surface area contributed by atoms with Gasteiger partial charge in [-0.1, -0.05) is 108 Å². The Hall–Kier alpha value is -3.57. The van der Waals surface area contributed by atoms with Crippen LogP contribution in [0.2, 0.25) is 0 Å². The van der Waals surface area contributed by atoms with E-state index in [0.29, 0.717) is 0 Å². The van der Waals surface area contributed by atoms with Gasteiger partial charge in [0.1, 0.15) is 0 Å². The molecule has 0 saturated heterocycles. The van der Waals surface area contributed by atoms with Crippen LogP contribution in [0, 0.1) is 0 Å². The number of fused-ring (bicyclic) bond motifs is 7. The molecule has 0 radical (unpaired) electrons. The number of rotatable bonds is 2. The third kappa shape index (κ3) is 3.07. The van der Waals surface area contributed by atoms with Crippen molar-refractivity contribution in [2.24, 2.45) is 0 Å². The fourth-order valence-corrected chi connectivity index (χ4v) is 5.19. The Labute approximate surface area is 212 Å². The summed E-state index contributed by atoms with van der Waals surface area (Å²) in [6, 6.07) is 43.4. The quantitative estimate of drug-likeness (QED) is 0.150. The van der Waals surface area contributed by atoms with Gasteiger partial charge >= 0.3 is 0 Å². The maximum atomic E-state index is 2.42. The molecule has 34 heavy (non-hydrogen) atoms. The Morgan fingerprint density at radius 2 is 0.735 bits per heavy atom. The second-order valence-electron chi connectivity index (χ2n) is 8.23. The van der Waals surface area contributed by atoms with Crippen LogP contribution in [0.5, 0.6) is 0 Å². The van der Waals surface area contributed by atoms with E-state index in [1.165, 1.54) is 55.0 Å². The second-order valence-corrected chi connectivity index (χ2v) is 8.23. The van der Waals surface area contributed by atoms with E-state index in [1.807, 2.05) is 4.93 Å². The first kappa shape index (κ1) is 21.0. The molecule has 0 aliphatic heterocycles. The van der Waals surface area contributed by atoms with Gasteiger partial charge in [-0.2, -0.15) is 0 Å². The molecule has 7 aromatic rings. The standard InChI is InChI=1S/C30H20N2.CH3I/c1-3-11-21(12-4-1)31-27-17-9-7-15-23(27)25-19-20-26-24-16-8-10-18-28(24)32(30(26)29(25)31)22-13-5-2-6-14-22;1-2/h1-20H;1H3. The van der Waals surface area contributed by atoms with Gasteiger partial charge in [0, 0.05) is 32.9 Å².